The molecule has 1 N–H and O–H groups in total. The zero-order valence-corrected chi connectivity index (χ0v) is 13.1. The monoisotopic (exact) mass is 294 g/mol. The minimum atomic E-state index is 0.135. The van der Waals surface area contributed by atoms with Crippen LogP contribution in [0.5, 0.6) is 0 Å². The summed E-state index contributed by atoms with van der Waals surface area (Å²) in [6.45, 7) is 5.75. The number of amides is 1. The lowest BCUT2D eigenvalue weighted by atomic mass is 9.95. The number of anilines is 1. The first-order valence-electron chi connectivity index (χ1n) is 7.02. The molecule has 1 amide bonds. The first kappa shape index (κ1) is 15.1. The van der Waals surface area contributed by atoms with Gasteiger partial charge >= 0.3 is 0 Å². The molecule has 110 valence electrons. The molecule has 0 spiro atoms. The van der Waals surface area contributed by atoms with Crippen molar-refractivity contribution in [3.63, 3.8) is 0 Å². The average Bonchev–Trinajstić information content (AvgIpc) is 2.47. The van der Waals surface area contributed by atoms with E-state index in [1.54, 1.807) is 18.0 Å². The van der Waals surface area contributed by atoms with E-state index < -0.39 is 0 Å². The molecule has 0 atom stereocenters. The van der Waals surface area contributed by atoms with E-state index in [-0.39, 0.29) is 17.9 Å². The molecule has 0 saturated carbocycles. The molecule has 2 heterocycles. The first-order valence-corrected chi connectivity index (χ1v) is 8.25. The largest absolute Gasteiger partial charge is 0.356 e. The quantitative estimate of drug-likeness (QED) is 0.679. The number of nitrogens with zero attached hydrogens (tertiary/aromatic N) is 3. The van der Waals surface area contributed by atoms with E-state index in [2.05, 4.69) is 20.2 Å². The summed E-state index contributed by atoms with van der Waals surface area (Å²) in [5, 5.41) is 3.79. The fourth-order valence-corrected chi connectivity index (χ4v) is 2.73. The Kier molecular flexibility index (Phi) is 5.23. The fourth-order valence-electron chi connectivity index (χ4n) is 2.38. The van der Waals surface area contributed by atoms with Crippen molar-refractivity contribution in [1.82, 2.24) is 15.3 Å². The SMILES string of the molecule is CSc1nccc(N2CCC(C(=O)NC(C)C)CC2)n1. The second-order valence-corrected chi connectivity index (χ2v) is 6.10. The van der Waals surface area contributed by atoms with Crippen molar-refractivity contribution in [2.24, 2.45) is 5.92 Å². The van der Waals surface area contributed by atoms with Crippen LogP contribution < -0.4 is 10.2 Å². The van der Waals surface area contributed by atoms with Crippen LogP contribution in [-0.4, -0.2) is 41.3 Å². The number of piperidine rings is 1. The van der Waals surface area contributed by atoms with Gasteiger partial charge in [-0.15, -0.1) is 0 Å². The van der Waals surface area contributed by atoms with Crippen LogP contribution in [0.2, 0.25) is 0 Å². The van der Waals surface area contributed by atoms with Crippen LogP contribution in [0.3, 0.4) is 0 Å². The predicted octanol–water partition coefficient (Wildman–Crippen LogP) is 1.94. The van der Waals surface area contributed by atoms with Crippen molar-refractivity contribution in [1.29, 1.82) is 0 Å². The summed E-state index contributed by atoms with van der Waals surface area (Å²) < 4.78 is 0. The average molecular weight is 294 g/mol. The van der Waals surface area contributed by atoms with E-state index in [1.165, 1.54) is 0 Å². The normalized spacial score (nSPS) is 16.5. The number of hydrogen-bond donors (Lipinski definition) is 1. The number of rotatable bonds is 4. The molecule has 0 unspecified atom stereocenters. The maximum absolute atomic E-state index is 12.0. The van der Waals surface area contributed by atoms with E-state index in [1.807, 2.05) is 26.2 Å². The lowest BCUT2D eigenvalue weighted by molar-refractivity contribution is -0.126. The Balaban J connectivity index is 1.92. The van der Waals surface area contributed by atoms with E-state index in [9.17, 15) is 4.79 Å². The maximum Gasteiger partial charge on any atom is 0.223 e. The van der Waals surface area contributed by atoms with Gasteiger partial charge in [0, 0.05) is 31.2 Å². The Hall–Kier alpha value is -1.30. The summed E-state index contributed by atoms with van der Waals surface area (Å²) in [7, 11) is 0. The van der Waals surface area contributed by atoms with Crippen molar-refractivity contribution in [2.45, 2.75) is 37.9 Å². The standard InChI is InChI=1S/C14H22N4OS/c1-10(2)16-13(19)11-5-8-18(9-6-11)12-4-7-15-14(17-12)20-3/h4,7,10-11H,5-6,8-9H2,1-3H3,(H,16,19). The van der Waals surface area contributed by atoms with Crippen molar-refractivity contribution >= 4 is 23.5 Å². The Labute approximate surface area is 124 Å². The highest BCUT2D eigenvalue weighted by Gasteiger charge is 2.25. The van der Waals surface area contributed by atoms with Gasteiger partial charge in [0.15, 0.2) is 5.16 Å². The summed E-state index contributed by atoms with van der Waals surface area (Å²) in [5.74, 6) is 1.29. The Morgan fingerprint density at radius 3 is 2.75 bits per heavy atom. The van der Waals surface area contributed by atoms with Crippen LogP contribution in [0, 0.1) is 5.92 Å². The Morgan fingerprint density at radius 2 is 2.15 bits per heavy atom. The highest BCUT2D eigenvalue weighted by molar-refractivity contribution is 7.98. The van der Waals surface area contributed by atoms with Gasteiger partial charge in [-0.1, -0.05) is 11.8 Å². The van der Waals surface area contributed by atoms with Crippen LogP contribution in [0.1, 0.15) is 26.7 Å². The third kappa shape index (κ3) is 3.85. The summed E-state index contributed by atoms with van der Waals surface area (Å²) in [4.78, 5) is 22.9. The third-order valence-corrected chi connectivity index (χ3v) is 3.98. The number of carbonyl (C=O) groups is 1. The molecule has 2 rings (SSSR count). The maximum atomic E-state index is 12.0. The topological polar surface area (TPSA) is 58.1 Å². The smallest absolute Gasteiger partial charge is 0.223 e. The van der Waals surface area contributed by atoms with E-state index in [0.29, 0.717) is 0 Å². The van der Waals surface area contributed by atoms with Gasteiger partial charge in [0.25, 0.3) is 0 Å². The van der Waals surface area contributed by atoms with Gasteiger partial charge in [-0.05, 0) is 39.0 Å². The predicted molar refractivity (Wildman–Crippen MR) is 82.0 cm³/mol. The molecule has 0 aromatic carbocycles. The van der Waals surface area contributed by atoms with Crippen LogP contribution in [0.15, 0.2) is 17.4 Å². The molecule has 0 aliphatic carbocycles. The molecule has 20 heavy (non-hydrogen) atoms. The van der Waals surface area contributed by atoms with Crippen molar-refractivity contribution in [2.75, 3.05) is 24.2 Å². The molecular formula is C14H22N4OS. The Morgan fingerprint density at radius 1 is 1.45 bits per heavy atom. The second-order valence-electron chi connectivity index (χ2n) is 5.33. The van der Waals surface area contributed by atoms with Crippen molar-refractivity contribution in [3.05, 3.63) is 12.3 Å². The van der Waals surface area contributed by atoms with Crippen molar-refractivity contribution in [3.8, 4) is 0 Å². The molecule has 1 saturated heterocycles. The molecule has 1 fully saturated rings. The zero-order chi connectivity index (χ0) is 14.5. The van der Waals surface area contributed by atoms with Gasteiger partial charge in [-0.2, -0.15) is 0 Å². The highest BCUT2D eigenvalue weighted by atomic mass is 32.2. The minimum absolute atomic E-state index is 0.135. The molecule has 1 aromatic rings. The molecule has 1 aliphatic heterocycles. The van der Waals surface area contributed by atoms with E-state index >= 15 is 0 Å². The van der Waals surface area contributed by atoms with Gasteiger partial charge in [0.1, 0.15) is 5.82 Å². The summed E-state index contributed by atoms with van der Waals surface area (Å²) in [6.07, 6.45) is 5.54. The van der Waals surface area contributed by atoms with Gasteiger partial charge in [-0.3, -0.25) is 4.79 Å². The summed E-state index contributed by atoms with van der Waals surface area (Å²) in [5.41, 5.74) is 0. The molecule has 0 bridgehead atoms. The van der Waals surface area contributed by atoms with E-state index in [0.717, 1.165) is 36.9 Å². The number of hydrogen-bond acceptors (Lipinski definition) is 5. The van der Waals surface area contributed by atoms with Gasteiger partial charge in [-0.25, -0.2) is 9.97 Å². The lowest BCUT2D eigenvalue weighted by Gasteiger charge is -2.32. The van der Waals surface area contributed by atoms with Gasteiger partial charge in [0.05, 0.1) is 0 Å². The van der Waals surface area contributed by atoms with E-state index in [4.69, 9.17) is 0 Å². The minimum Gasteiger partial charge on any atom is -0.356 e. The van der Waals surface area contributed by atoms with Crippen LogP contribution in [0.4, 0.5) is 5.82 Å². The molecule has 1 aromatic heterocycles. The van der Waals surface area contributed by atoms with Crippen molar-refractivity contribution < 1.29 is 4.79 Å². The number of nitrogens with one attached hydrogen (secondary N) is 1. The summed E-state index contributed by atoms with van der Waals surface area (Å²) in [6, 6.07) is 2.15. The molecular weight excluding hydrogens is 272 g/mol. The second kappa shape index (κ2) is 6.92. The van der Waals surface area contributed by atoms with Gasteiger partial charge < -0.3 is 10.2 Å². The Bertz CT molecular complexity index is 458. The molecule has 1 aliphatic rings. The van der Waals surface area contributed by atoms with Crippen LogP contribution in [-0.2, 0) is 4.79 Å². The third-order valence-electron chi connectivity index (χ3n) is 3.42. The summed E-state index contributed by atoms with van der Waals surface area (Å²) >= 11 is 1.55. The number of aromatic nitrogens is 2. The van der Waals surface area contributed by atoms with Crippen LogP contribution >= 0.6 is 11.8 Å². The van der Waals surface area contributed by atoms with Crippen LogP contribution in [0.25, 0.3) is 0 Å². The lowest BCUT2D eigenvalue weighted by Crippen LogP contribution is -2.42. The van der Waals surface area contributed by atoms with Gasteiger partial charge in [0.2, 0.25) is 5.91 Å². The first-order chi connectivity index (χ1) is 9.60. The fraction of sp³-hybridized carbons (Fsp3) is 0.643. The number of thioether (sulfide) groups is 1. The zero-order valence-electron chi connectivity index (χ0n) is 12.3. The highest BCUT2D eigenvalue weighted by Crippen LogP contribution is 2.23. The molecule has 5 nitrogen and oxygen atoms in total. The molecule has 6 heteroatoms. The molecule has 0 radical (unpaired) electrons. The number of carbonyl (C=O) groups excluding carboxylic acids is 1.